The number of rotatable bonds is 6. The first-order chi connectivity index (χ1) is 12.4. The van der Waals surface area contributed by atoms with Gasteiger partial charge in [0.2, 0.25) is 0 Å². The highest BCUT2D eigenvalue weighted by molar-refractivity contribution is 5.77. The van der Waals surface area contributed by atoms with E-state index in [1.165, 1.54) is 21.6 Å². The van der Waals surface area contributed by atoms with E-state index in [0.29, 0.717) is 26.2 Å². The van der Waals surface area contributed by atoms with Gasteiger partial charge in [-0.3, -0.25) is 4.79 Å². The van der Waals surface area contributed by atoms with Crippen LogP contribution in [0.2, 0.25) is 0 Å². The van der Waals surface area contributed by atoms with E-state index in [-0.39, 0.29) is 18.0 Å². The van der Waals surface area contributed by atoms with E-state index in [0.717, 1.165) is 19.4 Å². The average molecular weight is 362 g/mol. The fraction of sp³-hybridized carbons (Fsp3) is 0.600. The first-order valence-electron chi connectivity index (χ1n) is 9.47. The lowest BCUT2D eigenvalue weighted by Crippen LogP contribution is -3.09. The molecule has 1 unspecified atom stereocenters. The highest BCUT2D eigenvalue weighted by atomic mass is 16.6. The number of piperidine rings is 1. The molecule has 1 saturated heterocycles. The number of likely N-dealkylation sites (tertiary alicyclic amines) is 1. The number of nitrogens with zero attached hydrogens (tertiary/aromatic N) is 1. The summed E-state index contributed by atoms with van der Waals surface area (Å²) in [5, 5.41) is 3.11. The minimum atomic E-state index is -0.255. The van der Waals surface area contributed by atoms with E-state index in [1.54, 1.807) is 4.90 Å². The highest BCUT2D eigenvalue weighted by Crippen LogP contribution is 2.11. The molecule has 0 aromatic heterocycles. The molecule has 6 heteroatoms. The second-order valence-electron chi connectivity index (χ2n) is 7.27. The fourth-order valence-electron chi connectivity index (χ4n) is 3.41. The van der Waals surface area contributed by atoms with E-state index >= 15 is 0 Å². The Morgan fingerprint density at radius 2 is 1.96 bits per heavy atom. The van der Waals surface area contributed by atoms with E-state index in [1.807, 2.05) is 14.0 Å². The Balaban J connectivity index is 1.74. The van der Waals surface area contributed by atoms with Gasteiger partial charge in [-0.1, -0.05) is 23.8 Å². The Hall–Kier alpha value is -2.08. The monoisotopic (exact) mass is 362 g/mol. The van der Waals surface area contributed by atoms with Gasteiger partial charge < -0.3 is 19.9 Å². The van der Waals surface area contributed by atoms with Gasteiger partial charge in [0.1, 0.15) is 6.54 Å². The van der Waals surface area contributed by atoms with Crippen molar-refractivity contribution in [3.63, 3.8) is 0 Å². The Morgan fingerprint density at radius 1 is 1.27 bits per heavy atom. The summed E-state index contributed by atoms with van der Waals surface area (Å²) in [6.07, 6.45) is 1.30. The van der Waals surface area contributed by atoms with Gasteiger partial charge in [-0.05, 0) is 39.2 Å². The van der Waals surface area contributed by atoms with Crippen LogP contribution in [0.1, 0.15) is 36.5 Å². The van der Waals surface area contributed by atoms with Gasteiger partial charge in [0.05, 0.1) is 13.7 Å². The third-order valence-corrected chi connectivity index (χ3v) is 4.84. The highest BCUT2D eigenvalue weighted by Gasteiger charge is 2.25. The second kappa shape index (κ2) is 9.57. The summed E-state index contributed by atoms with van der Waals surface area (Å²) in [5.74, 6) is 0.0712. The molecule has 0 saturated carbocycles. The molecular weight excluding hydrogens is 330 g/mol. The van der Waals surface area contributed by atoms with Crippen LogP contribution in [0.4, 0.5) is 4.79 Å². The number of carbonyl (C=O) groups is 2. The zero-order valence-electron chi connectivity index (χ0n) is 16.4. The SMILES string of the molecule is CCOC(=O)N1CCC(NC(=O)C[NH+](C)Cc2ccc(C)cc2C)CC1. The summed E-state index contributed by atoms with van der Waals surface area (Å²) < 4.78 is 5.02. The van der Waals surface area contributed by atoms with Crippen molar-refractivity contribution in [3.8, 4) is 0 Å². The molecule has 26 heavy (non-hydrogen) atoms. The molecule has 144 valence electrons. The van der Waals surface area contributed by atoms with Gasteiger partial charge >= 0.3 is 6.09 Å². The lowest BCUT2D eigenvalue weighted by atomic mass is 10.0. The maximum absolute atomic E-state index is 12.3. The van der Waals surface area contributed by atoms with Crippen LogP contribution in [0.15, 0.2) is 18.2 Å². The molecule has 6 nitrogen and oxygen atoms in total. The van der Waals surface area contributed by atoms with Gasteiger partial charge in [-0.15, -0.1) is 0 Å². The van der Waals surface area contributed by atoms with Crippen LogP contribution >= 0.6 is 0 Å². The molecule has 1 aromatic rings. The maximum Gasteiger partial charge on any atom is 0.409 e. The van der Waals surface area contributed by atoms with Crippen molar-refractivity contribution < 1.29 is 19.2 Å². The Kier molecular flexibility index (Phi) is 7.45. The van der Waals surface area contributed by atoms with Gasteiger partial charge in [0, 0.05) is 24.7 Å². The van der Waals surface area contributed by atoms with Crippen molar-refractivity contribution in [3.05, 3.63) is 34.9 Å². The molecule has 1 heterocycles. The van der Waals surface area contributed by atoms with Crippen molar-refractivity contribution in [1.82, 2.24) is 10.2 Å². The van der Waals surface area contributed by atoms with Gasteiger partial charge in [0.15, 0.2) is 6.54 Å². The summed E-state index contributed by atoms with van der Waals surface area (Å²) in [6, 6.07) is 6.59. The molecule has 1 aliphatic rings. The molecule has 0 radical (unpaired) electrons. The molecule has 2 rings (SSSR count). The standard InChI is InChI=1S/C20H31N3O3/c1-5-26-20(25)23-10-8-18(9-11-23)21-19(24)14-22(4)13-17-7-6-15(2)12-16(17)3/h6-7,12,18H,5,8-11,13-14H2,1-4H3,(H,21,24)/p+1. The molecule has 1 fully saturated rings. The quantitative estimate of drug-likeness (QED) is 0.795. The molecular formula is C20H32N3O3+. The Bertz CT molecular complexity index is 625. The van der Waals surface area contributed by atoms with Gasteiger partial charge in [0.25, 0.3) is 5.91 Å². The molecule has 2 amide bonds. The normalized spacial score (nSPS) is 16.2. The molecule has 1 aromatic carbocycles. The minimum absolute atomic E-state index is 0.0712. The van der Waals surface area contributed by atoms with Crippen molar-refractivity contribution in [1.29, 1.82) is 0 Å². The summed E-state index contributed by atoms with van der Waals surface area (Å²) in [4.78, 5) is 26.9. The van der Waals surface area contributed by atoms with Crippen LogP contribution in [0, 0.1) is 13.8 Å². The predicted molar refractivity (Wildman–Crippen MR) is 101 cm³/mol. The predicted octanol–water partition coefficient (Wildman–Crippen LogP) is 1.06. The van der Waals surface area contributed by atoms with E-state index in [9.17, 15) is 9.59 Å². The van der Waals surface area contributed by atoms with Gasteiger partial charge in [-0.25, -0.2) is 4.79 Å². The number of amides is 2. The van der Waals surface area contributed by atoms with Crippen LogP contribution in [-0.2, 0) is 16.1 Å². The lowest BCUT2D eigenvalue weighted by molar-refractivity contribution is -0.885. The van der Waals surface area contributed by atoms with Crippen LogP contribution < -0.4 is 10.2 Å². The number of carbonyl (C=O) groups excluding carboxylic acids is 2. The van der Waals surface area contributed by atoms with E-state index < -0.39 is 0 Å². The molecule has 0 aliphatic carbocycles. The molecule has 1 aliphatic heterocycles. The smallest absolute Gasteiger partial charge is 0.409 e. The van der Waals surface area contributed by atoms with Gasteiger partial charge in [-0.2, -0.15) is 0 Å². The topological polar surface area (TPSA) is 63.1 Å². The number of benzene rings is 1. The zero-order valence-corrected chi connectivity index (χ0v) is 16.4. The number of hydrogen-bond donors (Lipinski definition) is 2. The lowest BCUT2D eigenvalue weighted by Gasteiger charge is -2.31. The van der Waals surface area contributed by atoms with Crippen LogP contribution in [0.3, 0.4) is 0 Å². The number of likely N-dealkylation sites (N-methyl/N-ethyl adjacent to an activating group) is 1. The Morgan fingerprint density at radius 3 is 2.58 bits per heavy atom. The largest absolute Gasteiger partial charge is 0.450 e. The fourth-order valence-corrected chi connectivity index (χ4v) is 3.41. The summed E-state index contributed by atoms with van der Waals surface area (Å²) in [6.45, 7) is 8.96. The third-order valence-electron chi connectivity index (χ3n) is 4.84. The number of hydrogen-bond acceptors (Lipinski definition) is 3. The number of nitrogens with one attached hydrogen (secondary N) is 2. The number of ether oxygens (including phenoxy) is 1. The van der Waals surface area contributed by atoms with E-state index in [4.69, 9.17) is 4.74 Å². The molecule has 2 N–H and O–H groups in total. The maximum atomic E-state index is 12.3. The first-order valence-corrected chi connectivity index (χ1v) is 9.47. The van der Waals surface area contributed by atoms with Crippen LogP contribution in [0.25, 0.3) is 0 Å². The number of aryl methyl sites for hydroxylation is 2. The zero-order chi connectivity index (χ0) is 19.1. The summed E-state index contributed by atoms with van der Waals surface area (Å²) in [5.41, 5.74) is 3.82. The summed E-state index contributed by atoms with van der Waals surface area (Å²) >= 11 is 0. The second-order valence-corrected chi connectivity index (χ2v) is 7.27. The minimum Gasteiger partial charge on any atom is -0.450 e. The van der Waals surface area contributed by atoms with Crippen molar-refractivity contribution in [2.45, 2.75) is 46.2 Å². The number of quaternary nitrogens is 1. The first kappa shape index (κ1) is 20.2. The van der Waals surface area contributed by atoms with Crippen LogP contribution in [0.5, 0.6) is 0 Å². The molecule has 0 spiro atoms. The molecule has 0 bridgehead atoms. The molecule has 1 atom stereocenters. The third kappa shape index (κ3) is 6.02. The Labute approximate surface area is 156 Å². The van der Waals surface area contributed by atoms with Crippen LogP contribution in [-0.4, -0.2) is 56.2 Å². The van der Waals surface area contributed by atoms with Crippen molar-refractivity contribution >= 4 is 12.0 Å². The summed E-state index contributed by atoms with van der Waals surface area (Å²) in [7, 11) is 2.04. The van der Waals surface area contributed by atoms with E-state index in [2.05, 4.69) is 37.4 Å². The van der Waals surface area contributed by atoms with Crippen molar-refractivity contribution in [2.75, 3.05) is 33.3 Å². The van der Waals surface area contributed by atoms with Crippen molar-refractivity contribution in [2.24, 2.45) is 0 Å². The average Bonchev–Trinajstić information content (AvgIpc) is 2.58.